The van der Waals surface area contributed by atoms with E-state index in [0.717, 1.165) is 32.2 Å². The molecule has 3 nitrogen and oxygen atoms in total. The Morgan fingerprint density at radius 1 is 1.24 bits per heavy atom. The van der Waals surface area contributed by atoms with Crippen LogP contribution in [0.15, 0.2) is 24.3 Å². The van der Waals surface area contributed by atoms with Gasteiger partial charge in [-0.2, -0.15) is 0 Å². The van der Waals surface area contributed by atoms with Gasteiger partial charge in [-0.1, -0.05) is 24.3 Å². The molecule has 1 aromatic rings. The zero-order chi connectivity index (χ0) is 11.7. The van der Waals surface area contributed by atoms with E-state index in [1.807, 2.05) is 0 Å². The van der Waals surface area contributed by atoms with Crippen LogP contribution in [0.2, 0.25) is 0 Å². The van der Waals surface area contributed by atoms with Crippen molar-refractivity contribution >= 4 is 5.91 Å². The monoisotopic (exact) mass is 230 g/mol. The lowest BCUT2D eigenvalue weighted by Gasteiger charge is -2.16. The third kappa shape index (κ3) is 2.20. The molecule has 3 heteroatoms. The summed E-state index contributed by atoms with van der Waals surface area (Å²) in [6, 6.07) is 8.80. The van der Waals surface area contributed by atoms with E-state index < -0.39 is 0 Å². The molecule has 90 valence electrons. The first kappa shape index (κ1) is 10.8. The first-order chi connectivity index (χ1) is 8.33. The van der Waals surface area contributed by atoms with Gasteiger partial charge in [0, 0.05) is 6.04 Å². The molecule has 0 radical (unpaired) electrons. The maximum Gasteiger partial charge on any atom is 0.237 e. The second-order valence-corrected chi connectivity index (χ2v) is 5.03. The van der Waals surface area contributed by atoms with E-state index in [1.54, 1.807) is 0 Å². The van der Waals surface area contributed by atoms with Crippen molar-refractivity contribution in [3.05, 3.63) is 35.4 Å². The van der Waals surface area contributed by atoms with Crippen molar-refractivity contribution in [3.8, 4) is 0 Å². The topological polar surface area (TPSA) is 41.1 Å². The molecule has 1 fully saturated rings. The molecule has 0 bridgehead atoms. The number of carbonyl (C=O) groups excluding carboxylic acids is 1. The van der Waals surface area contributed by atoms with E-state index >= 15 is 0 Å². The predicted octanol–water partition coefficient (Wildman–Crippen LogP) is 1.02. The van der Waals surface area contributed by atoms with Gasteiger partial charge in [-0.05, 0) is 43.4 Å². The Balaban J connectivity index is 1.60. The molecule has 1 aliphatic heterocycles. The van der Waals surface area contributed by atoms with Crippen molar-refractivity contribution in [2.75, 3.05) is 6.54 Å². The minimum absolute atomic E-state index is 0.0405. The highest BCUT2D eigenvalue weighted by molar-refractivity contribution is 5.82. The van der Waals surface area contributed by atoms with Gasteiger partial charge in [0.1, 0.15) is 0 Å². The molecular weight excluding hydrogens is 212 g/mol. The summed E-state index contributed by atoms with van der Waals surface area (Å²) in [5.74, 6) is 0.181. The number of rotatable bonds is 2. The summed E-state index contributed by atoms with van der Waals surface area (Å²) in [6.07, 6.45) is 4.05. The number of hydrogen-bond donors (Lipinski definition) is 2. The van der Waals surface area contributed by atoms with Gasteiger partial charge < -0.3 is 10.6 Å². The van der Waals surface area contributed by atoms with Gasteiger partial charge >= 0.3 is 0 Å². The van der Waals surface area contributed by atoms with Crippen LogP contribution in [0.3, 0.4) is 0 Å². The van der Waals surface area contributed by atoms with Crippen molar-refractivity contribution in [3.63, 3.8) is 0 Å². The second kappa shape index (κ2) is 4.49. The fraction of sp³-hybridized carbons (Fsp3) is 0.500. The largest absolute Gasteiger partial charge is 0.351 e. The maximum atomic E-state index is 12.0. The van der Waals surface area contributed by atoms with Crippen LogP contribution in [0.25, 0.3) is 0 Å². The van der Waals surface area contributed by atoms with E-state index in [4.69, 9.17) is 0 Å². The van der Waals surface area contributed by atoms with Gasteiger partial charge in [0.2, 0.25) is 5.91 Å². The predicted molar refractivity (Wildman–Crippen MR) is 66.8 cm³/mol. The third-order valence-electron chi connectivity index (χ3n) is 3.77. The summed E-state index contributed by atoms with van der Waals surface area (Å²) in [7, 11) is 0. The van der Waals surface area contributed by atoms with Crippen molar-refractivity contribution in [1.82, 2.24) is 10.6 Å². The Kier molecular flexibility index (Phi) is 2.85. The highest BCUT2D eigenvalue weighted by atomic mass is 16.2. The standard InChI is InChI=1S/C14H18N2O/c17-14(13-6-3-7-15-13)16-12-8-10-4-1-2-5-11(10)9-12/h1-2,4-5,12-13,15H,3,6-9H2,(H,16,17). The smallest absolute Gasteiger partial charge is 0.237 e. The van der Waals surface area contributed by atoms with Gasteiger partial charge in [-0.3, -0.25) is 4.79 Å². The van der Waals surface area contributed by atoms with Crippen molar-refractivity contribution in [1.29, 1.82) is 0 Å². The second-order valence-electron chi connectivity index (χ2n) is 5.03. The molecule has 1 unspecified atom stereocenters. The van der Waals surface area contributed by atoms with E-state index in [9.17, 15) is 4.79 Å². The molecule has 1 aliphatic carbocycles. The Bertz CT molecular complexity index is 399. The normalized spacial score (nSPS) is 23.6. The van der Waals surface area contributed by atoms with E-state index in [-0.39, 0.29) is 11.9 Å². The van der Waals surface area contributed by atoms with E-state index in [2.05, 4.69) is 34.9 Å². The molecule has 0 spiro atoms. The fourth-order valence-electron chi connectivity index (χ4n) is 2.87. The average Bonchev–Trinajstić information content (AvgIpc) is 2.97. The van der Waals surface area contributed by atoms with Crippen LogP contribution in [-0.2, 0) is 17.6 Å². The third-order valence-corrected chi connectivity index (χ3v) is 3.77. The number of nitrogens with one attached hydrogen (secondary N) is 2. The van der Waals surface area contributed by atoms with Gasteiger partial charge in [0.15, 0.2) is 0 Å². The van der Waals surface area contributed by atoms with Crippen LogP contribution in [0.5, 0.6) is 0 Å². The van der Waals surface area contributed by atoms with E-state index in [1.165, 1.54) is 11.1 Å². The zero-order valence-electron chi connectivity index (χ0n) is 9.91. The lowest BCUT2D eigenvalue weighted by molar-refractivity contribution is -0.123. The minimum Gasteiger partial charge on any atom is -0.351 e. The summed E-state index contributed by atoms with van der Waals surface area (Å²) in [4.78, 5) is 12.0. The molecule has 0 aromatic heterocycles. The van der Waals surface area contributed by atoms with Gasteiger partial charge in [0.05, 0.1) is 6.04 Å². The summed E-state index contributed by atoms with van der Waals surface area (Å²) in [6.45, 7) is 0.975. The first-order valence-electron chi connectivity index (χ1n) is 6.43. The molecule has 2 aliphatic rings. The summed E-state index contributed by atoms with van der Waals surface area (Å²) < 4.78 is 0. The summed E-state index contributed by atoms with van der Waals surface area (Å²) >= 11 is 0. The summed E-state index contributed by atoms with van der Waals surface area (Å²) in [5, 5.41) is 6.41. The Morgan fingerprint density at radius 2 is 1.94 bits per heavy atom. The minimum atomic E-state index is 0.0405. The SMILES string of the molecule is O=C(NC1Cc2ccccc2C1)C1CCCN1. The average molecular weight is 230 g/mol. The molecule has 2 N–H and O–H groups in total. The van der Waals surface area contributed by atoms with Crippen LogP contribution in [-0.4, -0.2) is 24.5 Å². The Hall–Kier alpha value is -1.35. The van der Waals surface area contributed by atoms with Gasteiger partial charge in [0.25, 0.3) is 0 Å². The number of hydrogen-bond acceptors (Lipinski definition) is 2. The fourth-order valence-corrected chi connectivity index (χ4v) is 2.87. The van der Waals surface area contributed by atoms with Crippen molar-refractivity contribution < 1.29 is 4.79 Å². The number of fused-ring (bicyclic) bond motifs is 1. The van der Waals surface area contributed by atoms with E-state index in [0.29, 0.717) is 6.04 Å². The van der Waals surface area contributed by atoms with Crippen LogP contribution >= 0.6 is 0 Å². The molecule has 1 amide bonds. The number of benzene rings is 1. The molecular formula is C14H18N2O. The number of amides is 1. The molecule has 0 saturated carbocycles. The van der Waals surface area contributed by atoms with Crippen LogP contribution in [0.1, 0.15) is 24.0 Å². The van der Waals surface area contributed by atoms with Crippen LogP contribution in [0.4, 0.5) is 0 Å². The van der Waals surface area contributed by atoms with Crippen LogP contribution < -0.4 is 10.6 Å². The zero-order valence-corrected chi connectivity index (χ0v) is 9.91. The van der Waals surface area contributed by atoms with Crippen molar-refractivity contribution in [2.24, 2.45) is 0 Å². The van der Waals surface area contributed by atoms with Crippen LogP contribution in [0, 0.1) is 0 Å². The molecule has 1 aromatic carbocycles. The summed E-state index contributed by atoms with van der Waals surface area (Å²) in [5.41, 5.74) is 2.77. The lowest BCUT2D eigenvalue weighted by atomic mass is 10.1. The molecule has 3 rings (SSSR count). The Labute approximate surface area is 102 Å². The maximum absolute atomic E-state index is 12.0. The molecule has 1 atom stereocenters. The van der Waals surface area contributed by atoms with Gasteiger partial charge in [-0.15, -0.1) is 0 Å². The van der Waals surface area contributed by atoms with Crippen molar-refractivity contribution in [2.45, 2.75) is 37.8 Å². The van der Waals surface area contributed by atoms with Gasteiger partial charge in [-0.25, -0.2) is 0 Å². The number of carbonyl (C=O) groups is 1. The highest BCUT2D eigenvalue weighted by Crippen LogP contribution is 2.21. The lowest BCUT2D eigenvalue weighted by Crippen LogP contribution is -2.45. The first-order valence-corrected chi connectivity index (χ1v) is 6.43. The molecule has 1 heterocycles. The quantitative estimate of drug-likeness (QED) is 0.796. The molecule has 17 heavy (non-hydrogen) atoms. The highest BCUT2D eigenvalue weighted by Gasteiger charge is 2.27. The molecule has 1 saturated heterocycles. The Morgan fingerprint density at radius 3 is 2.53 bits per heavy atom.